The highest BCUT2D eigenvalue weighted by Crippen LogP contribution is 2.24. The van der Waals surface area contributed by atoms with E-state index >= 15 is 0 Å². The van der Waals surface area contributed by atoms with Crippen LogP contribution in [0.15, 0.2) is 60.2 Å². The average molecular weight is 378 g/mol. The number of hydrogen-bond donors (Lipinski definition) is 1. The molecule has 3 heterocycles. The van der Waals surface area contributed by atoms with Crippen molar-refractivity contribution in [2.24, 2.45) is 0 Å². The molecule has 0 unspecified atom stereocenters. The number of aromatic nitrogens is 3. The van der Waals surface area contributed by atoms with Crippen LogP contribution in [-0.2, 0) is 11.3 Å². The Morgan fingerprint density at radius 1 is 1.22 bits per heavy atom. The molecule has 0 saturated heterocycles. The highest BCUT2D eigenvalue weighted by Gasteiger charge is 2.10. The standard InChI is InChI=1S/C20H18N4O2S/c1-26-15-5-6-18-14(12-15)7-10-24(18)11-8-19(25)23-20-22-17(13-27-20)16-4-2-3-9-21-16/h2-7,9-10,12-13H,8,11H2,1H3,(H,22,23,25). The van der Waals surface area contributed by atoms with Gasteiger partial charge in [-0.25, -0.2) is 4.98 Å². The van der Waals surface area contributed by atoms with E-state index in [0.29, 0.717) is 18.1 Å². The summed E-state index contributed by atoms with van der Waals surface area (Å²) < 4.78 is 7.31. The van der Waals surface area contributed by atoms with E-state index in [0.717, 1.165) is 28.0 Å². The van der Waals surface area contributed by atoms with Gasteiger partial charge in [0.15, 0.2) is 5.13 Å². The summed E-state index contributed by atoms with van der Waals surface area (Å²) in [5.74, 6) is 0.762. The first kappa shape index (κ1) is 17.2. The lowest BCUT2D eigenvalue weighted by Crippen LogP contribution is -2.14. The van der Waals surface area contributed by atoms with Gasteiger partial charge in [-0.3, -0.25) is 9.78 Å². The van der Waals surface area contributed by atoms with E-state index in [9.17, 15) is 4.79 Å². The maximum Gasteiger partial charge on any atom is 0.227 e. The van der Waals surface area contributed by atoms with Crippen LogP contribution in [0.1, 0.15) is 6.42 Å². The van der Waals surface area contributed by atoms with Crippen LogP contribution in [0.25, 0.3) is 22.3 Å². The Labute approximate surface area is 160 Å². The summed E-state index contributed by atoms with van der Waals surface area (Å²) >= 11 is 1.40. The van der Waals surface area contributed by atoms with Gasteiger partial charge in [-0.1, -0.05) is 6.07 Å². The van der Waals surface area contributed by atoms with Crippen molar-refractivity contribution in [3.05, 3.63) is 60.2 Å². The summed E-state index contributed by atoms with van der Waals surface area (Å²) in [4.78, 5) is 21.0. The van der Waals surface area contributed by atoms with Gasteiger partial charge in [0, 0.05) is 41.6 Å². The molecule has 27 heavy (non-hydrogen) atoms. The number of hydrogen-bond acceptors (Lipinski definition) is 5. The first-order valence-electron chi connectivity index (χ1n) is 8.52. The molecule has 1 N–H and O–H groups in total. The van der Waals surface area contributed by atoms with E-state index in [1.54, 1.807) is 13.3 Å². The molecular formula is C20H18N4O2S. The monoisotopic (exact) mass is 378 g/mol. The third-order valence-electron chi connectivity index (χ3n) is 4.24. The van der Waals surface area contributed by atoms with Gasteiger partial charge in [-0.2, -0.15) is 0 Å². The van der Waals surface area contributed by atoms with E-state index in [-0.39, 0.29) is 5.91 Å². The number of methoxy groups -OCH3 is 1. The number of nitrogens with zero attached hydrogens (tertiary/aromatic N) is 3. The Bertz CT molecular complexity index is 1070. The van der Waals surface area contributed by atoms with Crippen molar-refractivity contribution in [1.82, 2.24) is 14.5 Å². The Hall–Kier alpha value is -3.19. The Morgan fingerprint density at radius 2 is 2.15 bits per heavy atom. The van der Waals surface area contributed by atoms with Crippen molar-refractivity contribution in [2.45, 2.75) is 13.0 Å². The number of amides is 1. The molecule has 4 aromatic rings. The number of ether oxygens (including phenoxy) is 1. The van der Waals surface area contributed by atoms with E-state index in [1.807, 2.05) is 54.0 Å². The van der Waals surface area contributed by atoms with Crippen LogP contribution < -0.4 is 10.1 Å². The number of nitrogens with one attached hydrogen (secondary N) is 1. The number of carbonyl (C=O) groups excluding carboxylic acids is 1. The van der Waals surface area contributed by atoms with Gasteiger partial charge in [-0.05, 0) is 36.4 Å². The minimum atomic E-state index is -0.0627. The number of anilines is 1. The summed E-state index contributed by atoms with van der Waals surface area (Å²) in [6.07, 6.45) is 4.08. The zero-order valence-electron chi connectivity index (χ0n) is 14.8. The summed E-state index contributed by atoms with van der Waals surface area (Å²) in [5.41, 5.74) is 2.64. The first-order valence-corrected chi connectivity index (χ1v) is 9.40. The van der Waals surface area contributed by atoms with Crippen molar-refractivity contribution in [3.63, 3.8) is 0 Å². The minimum Gasteiger partial charge on any atom is -0.497 e. The number of benzene rings is 1. The second kappa shape index (κ2) is 7.59. The lowest BCUT2D eigenvalue weighted by Gasteiger charge is -2.06. The van der Waals surface area contributed by atoms with Crippen LogP contribution >= 0.6 is 11.3 Å². The highest BCUT2D eigenvalue weighted by molar-refractivity contribution is 7.14. The van der Waals surface area contributed by atoms with Crippen molar-refractivity contribution in [2.75, 3.05) is 12.4 Å². The average Bonchev–Trinajstić information content (AvgIpc) is 3.33. The van der Waals surface area contributed by atoms with Gasteiger partial charge >= 0.3 is 0 Å². The number of fused-ring (bicyclic) bond motifs is 1. The third-order valence-corrected chi connectivity index (χ3v) is 4.99. The fourth-order valence-corrected chi connectivity index (χ4v) is 3.59. The Morgan fingerprint density at radius 3 is 2.96 bits per heavy atom. The molecule has 6 nitrogen and oxygen atoms in total. The summed E-state index contributed by atoms with van der Waals surface area (Å²) in [6, 6.07) is 13.6. The molecule has 0 saturated carbocycles. The molecule has 0 spiro atoms. The van der Waals surface area contributed by atoms with Crippen LogP contribution in [0.4, 0.5) is 5.13 Å². The summed E-state index contributed by atoms with van der Waals surface area (Å²) in [6.45, 7) is 0.597. The molecule has 136 valence electrons. The van der Waals surface area contributed by atoms with Gasteiger partial charge in [-0.15, -0.1) is 11.3 Å². The molecule has 0 aliphatic heterocycles. The summed E-state index contributed by atoms with van der Waals surface area (Å²) in [7, 11) is 1.65. The number of rotatable bonds is 6. The SMILES string of the molecule is COc1ccc2c(ccn2CCC(=O)Nc2nc(-c3ccccn3)cs2)c1. The molecule has 1 amide bonds. The molecule has 0 fully saturated rings. The lowest BCUT2D eigenvalue weighted by atomic mass is 10.2. The van der Waals surface area contributed by atoms with Crippen molar-refractivity contribution < 1.29 is 9.53 Å². The van der Waals surface area contributed by atoms with E-state index in [2.05, 4.69) is 19.9 Å². The molecule has 7 heteroatoms. The van der Waals surface area contributed by atoms with Gasteiger partial charge < -0.3 is 14.6 Å². The van der Waals surface area contributed by atoms with Crippen LogP contribution in [0.5, 0.6) is 5.75 Å². The Balaban J connectivity index is 1.38. The van der Waals surface area contributed by atoms with Crippen LogP contribution in [0.3, 0.4) is 0 Å². The number of thiazole rings is 1. The second-order valence-corrected chi connectivity index (χ2v) is 6.84. The molecule has 0 atom stereocenters. The number of pyridine rings is 1. The zero-order valence-corrected chi connectivity index (χ0v) is 15.6. The van der Waals surface area contributed by atoms with Gasteiger partial charge in [0.25, 0.3) is 0 Å². The van der Waals surface area contributed by atoms with Crippen LogP contribution in [0.2, 0.25) is 0 Å². The molecular weight excluding hydrogens is 360 g/mol. The fraction of sp³-hybridized carbons (Fsp3) is 0.150. The molecule has 4 rings (SSSR count). The topological polar surface area (TPSA) is 69.0 Å². The van der Waals surface area contributed by atoms with E-state index in [1.165, 1.54) is 11.3 Å². The lowest BCUT2D eigenvalue weighted by molar-refractivity contribution is -0.116. The smallest absolute Gasteiger partial charge is 0.227 e. The van der Waals surface area contributed by atoms with Crippen molar-refractivity contribution >= 4 is 33.3 Å². The summed E-state index contributed by atoms with van der Waals surface area (Å²) in [5, 5.41) is 6.44. The van der Waals surface area contributed by atoms with Crippen LogP contribution in [0, 0.1) is 0 Å². The third kappa shape index (κ3) is 3.83. The Kier molecular flexibility index (Phi) is 4.84. The van der Waals surface area contributed by atoms with Crippen molar-refractivity contribution in [3.8, 4) is 17.1 Å². The molecule has 0 radical (unpaired) electrons. The molecule has 0 aliphatic rings. The van der Waals surface area contributed by atoms with Gasteiger partial charge in [0.1, 0.15) is 11.4 Å². The predicted molar refractivity (Wildman–Crippen MR) is 107 cm³/mol. The van der Waals surface area contributed by atoms with E-state index in [4.69, 9.17) is 4.74 Å². The van der Waals surface area contributed by atoms with Gasteiger partial charge in [0.2, 0.25) is 5.91 Å². The zero-order chi connectivity index (χ0) is 18.6. The molecule has 1 aromatic carbocycles. The predicted octanol–water partition coefficient (Wildman–Crippen LogP) is 4.20. The molecule has 0 bridgehead atoms. The number of aryl methyl sites for hydroxylation is 1. The number of carbonyl (C=O) groups is 1. The minimum absolute atomic E-state index is 0.0627. The molecule has 3 aromatic heterocycles. The largest absolute Gasteiger partial charge is 0.497 e. The maximum atomic E-state index is 12.3. The van der Waals surface area contributed by atoms with E-state index < -0.39 is 0 Å². The second-order valence-electron chi connectivity index (χ2n) is 5.98. The molecule has 0 aliphatic carbocycles. The normalized spacial score (nSPS) is 10.9. The first-order chi connectivity index (χ1) is 13.2. The highest BCUT2D eigenvalue weighted by atomic mass is 32.1. The van der Waals surface area contributed by atoms with Crippen LogP contribution in [-0.4, -0.2) is 27.6 Å². The maximum absolute atomic E-state index is 12.3. The quantitative estimate of drug-likeness (QED) is 0.546. The fourth-order valence-electron chi connectivity index (χ4n) is 2.87. The van der Waals surface area contributed by atoms with Gasteiger partial charge in [0.05, 0.1) is 12.8 Å². The van der Waals surface area contributed by atoms with Crippen molar-refractivity contribution in [1.29, 1.82) is 0 Å².